The van der Waals surface area contributed by atoms with Crippen molar-refractivity contribution in [1.29, 1.82) is 0 Å². The molecule has 3 N–H and O–H groups in total. The molecule has 3 rings (SSSR count). The molecule has 1 heterocycles. The van der Waals surface area contributed by atoms with Crippen LogP contribution in [0, 0.1) is 10.1 Å². The molecule has 0 aliphatic carbocycles. The number of nitro groups is 1. The quantitative estimate of drug-likeness (QED) is 0.460. The summed E-state index contributed by atoms with van der Waals surface area (Å²) in [5.41, 5.74) is 1.35. The Hall–Kier alpha value is -4.08. The van der Waals surface area contributed by atoms with Crippen molar-refractivity contribution in [2.75, 3.05) is 19.0 Å². The maximum atomic E-state index is 13.1. The number of benzene rings is 2. The summed E-state index contributed by atoms with van der Waals surface area (Å²) in [5.74, 6) is 0.490. The number of nitrogens with one attached hydrogen (secondary N) is 3. The summed E-state index contributed by atoms with van der Waals surface area (Å²) in [6.07, 6.45) is 0. The predicted octanol–water partition coefficient (Wildman–Crippen LogP) is 3.27. The molecule has 31 heavy (non-hydrogen) atoms. The summed E-state index contributed by atoms with van der Waals surface area (Å²) in [6, 6.07) is 9.52. The Balaban J connectivity index is 1.96. The second-order valence-electron chi connectivity index (χ2n) is 6.68. The van der Waals surface area contributed by atoms with Gasteiger partial charge in [-0.1, -0.05) is 12.1 Å². The molecule has 0 saturated heterocycles. The summed E-state index contributed by atoms with van der Waals surface area (Å²) in [6.45, 7) is 3.92. The van der Waals surface area contributed by atoms with E-state index >= 15 is 0 Å². The van der Waals surface area contributed by atoms with Crippen LogP contribution in [0.15, 0.2) is 53.7 Å². The van der Waals surface area contributed by atoms with Crippen LogP contribution in [0.3, 0.4) is 0 Å². The molecule has 1 aliphatic rings. The molecular weight excluding hydrogens is 404 g/mol. The number of urea groups is 1. The third-order valence-corrected chi connectivity index (χ3v) is 4.65. The number of methoxy groups -OCH3 is 1. The van der Waals surface area contributed by atoms with Crippen LogP contribution in [0.4, 0.5) is 16.2 Å². The van der Waals surface area contributed by atoms with Gasteiger partial charge in [0.15, 0.2) is 11.5 Å². The number of hydrogen-bond acceptors (Lipinski definition) is 6. The van der Waals surface area contributed by atoms with Crippen LogP contribution >= 0.6 is 0 Å². The minimum absolute atomic E-state index is 0.147. The molecule has 1 atom stereocenters. The molecule has 2 aromatic carbocycles. The number of rotatable bonds is 7. The number of non-ortho nitro benzene ring substituents is 1. The SMILES string of the molecule is CCOc1ccc([C@@H]2NC(=O)NC(C)=C2C(=O)Nc2cccc([N+](=O)[O-])c2)cc1OC. The minimum Gasteiger partial charge on any atom is -0.493 e. The van der Waals surface area contributed by atoms with Gasteiger partial charge < -0.3 is 25.4 Å². The second kappa shape index (κ2) is 9.16. The first-order valence-electron chi connectivity index (χ1n) is 9.48. The highest BCUT2D eigenvalue weighted by atomic mass is 16.6. The van der Waals surface area contributed by atoms with Crippen LogP contribution in [0.1, 0.15) is 25.5 Å². The van der Waals surface area contributed by atoms with E-state index in [1.807, 2.05) is 6.92 Å². The summed E-state index contributed by atoms with van der Waals surface area (Å²) >= 11 is 0. The normalized spacial score (nSPS) is 15.6. The Kier molecular flexibility index (Phi) is 6.39. The third-order valence-electron chi connectivity index (χ3n) is 4.65. The smallest absolute Gasteiger partial charge is 0.319 e. The highest BCUT2D eigenvalue weighted by Gasteiger charge is 2.32. The molecular formula is C21H22N4O6. The molecule has 0 fully saturated rings. The largest absolute Gasteiger partial charge is 0.493 e. The number of nitrogens with zero attached hydrogens (tertiary/aromatic N) is 1. The zero-order chi connectivity index (χ0) is 22.5. The lowest BCUT2D eigenvalue weighted by atomic mass is 9.94. The maximum Gasteiger partial charge on any atom is 0.319 e. The molecule has 0 saturated carbocycles. The van der Waals surface area contributed by atoms with E-state index in [2.05, 4.69) is 16.0 Å². The average molecular weight is 426 g/mol. The summed E-state index contributed by atoms with van der Waals surface area (Å²) in [5, 5.41) is 19.0. The lowest BCUT2D eigenvalue weighted by molar-refractivity contribution is -0.384. The number of ether oxygens (including phenoxy) is 2. The fraction of sp³-hybridized carbons (Fsp3) is 0.238. The van der Waals surface area contributed by atoms with Gasteiger partial charge in [0.1, 0.15) is 0 Å². The fourth-order valence-corrected chi connectivity index (χ4v) is 3.28. The van der Waals surface area contributed by atoms with Crippen LogP contribution in [0.25, 0.3) is 0 Å². The number of nitro benzene ring substituents is 1. The number of anilines is 1. The molecule has 10 heteroatoms. The van der Waals surface area contributed by atoms with Crippen molar-refractivity contribution >= 4 is 23.3 Å². The molecule has 1 aliphatic heterocycles. The summed E-state index contributed by atoms with van der Waals surface area (Å²) in [7, 11) is 1.50. The van der Waals surface area contributed by atoms with Gasteiger partial charge in [-0.15, -0.1) is 0 Å². The number of hydrogen-bond donors (Lipinski definition) is 3. The molecule has 0 unspecified atom stereocenters. The zero-order valence-corrected chi connectivity index (χ0v) is 17.2. The van der Waals surface area contributed by atoms with E-state index in [-0.39, 0.29) is 16.9 Å². The Morgan fingerprint density at radius 1 is 1.23 bits per heavy atom. The zero-order valence-electron chi connectivity index (χ0n) is 17.2. The molecule has 2 aromatic rings. The van der Waals surface area contributed by atoms with Gasteiger partial charge in [0.05, 0.1) is 30.3 Å². The monoisotopic (exact) mass is 426 g/mol. The number of allylic oxidation sites excluding steroid dienone is 1. The first-order chi connectivity index (χ1) is 14.8. The lowest BCUT2D eigenvalue weighted by Gasteiger charge is -2.29. The van der Waals surface area contributed by atoms with Crippen LogP contribution in [-0.2, 0) is 4.79 Å². The van der Waals surface area contributed by atoms with Crippen LogP contribution in [0.5, 0.6) is 11.5 Å². The molecule has 3 amide bonds. The highest BCUT2D eigenvalue weighted by Crippen LogP contribution is 2.34. The Morgan fingerprint density at radius 3 is 2.68 bits per heavy atom. The first-order valence-corrected chi connectivity index (χ1v) is 9.48. The fourth-order valence-electron chi connectivity index (χ4n) is 3.28. The van der Waals surface area contributed by atoms with E-state index in [1.54, 1.807) is 31.2 Å². The van der Waals surface area contributed by atoms with Gasteiger partial charge in [0, 0.05) is 23.5 Å². The van der Waals surface area contributed by atoms with E-state index < -0.39 is 22.9 Å². The minimum atomic E-state index is -0.767. The van der Waals surface area contributed by atoms with E-state index in [4.69, 9.17) is 9.47 Å². The van der Waals surface area contributed by atoms with Crippen molar-refractivity contribution in [3.05, 3.63) is 69.4 Å². The number of carbonyl (C=O) groups excluding carboxylic acids is 2. The Bertz CT molecular complexity index is 1070. The molecule has 0 aromatic heterocycles. The van der Waals surface area contributed by atoms with Gasteiger partial charge in [-0.25, -0.2) is 4.79 Å². The van der Waals surface area contributed by atoms with Crippen molar-refractivity contribution in [1.82, 2.24) is 10.6 Å². The maximum absolute atomic E-state index is 13.1. The van der Waals surface area contributed by atoms with Crippen LogP contribution in [0.2, 0.25) is 0 Å². The molecule has 0 bridgehead atoms. The van der Waals surface area contributed by atoms with E-state index in [1.165, 1.54) is 25.3 Å². The average Bonchev–Trinajstić information content (AvgIpc) is 2.73. The van der Waals surface area contributed by atoms with Gasteiger partial charge in [-0.3, -0.25) is 14.9 Å². The number of amides is 3. The highest BCUT2D eigenvalue weighted by molar-refractivity contribution is 6.06. The first kappa shape index (κ1) is 21.6. The van der Waals surface area contributed by atoms with E-state index in [0.29, 0.717) is 29.4 Å². The molecule has 10 nitrogen and oxygen atoms in total. The molecule has 0 radical (unpaired) electrons. The topological polar surface area (TPSA) is 132 Å². The standard InChI is InChI=1S/C21H22N4O6/c1-4-31-16-9-8-13(10-17(16)30-3)19-18(12(2)22-21(27)24-19)20(26)23-14-6-5-7-15(11-14)25(28)29/h5-11,19H,4H2,1-3H3,(H,23,26)(H2,22,24,27)/t19-/m0/s1. The Morgan fingerprint density at radius 2 is 2.00 bits per heavy atom. The summed E-state index contributed by atoms with van der Waals surface area (Å²) in [4.78, 5) is 35.7. The Labute approximate surface area is 178 Å². The van der Waals surface area contributed by atoms with Crippen molar-refractivity contribution in [3.8, 4) is 11.5 Å². The second-order valence-corrected chi connectivity index (χ2v) is 6.68. The third kappa shape index (κ3) is 4.74. The van der Waals surface area contributed by atoms with Gasteiger partial charge in [0.25, 0.3) is 11.6 Å². The molecule has 0 spiro atoms. The van der Waals surface area contributed by atoms with Crippen molar-refractivity contribution < 1.29 is 24.0 Å². The molecule has 162 valence electrons. The van der Waals surface area contributed by atoms with Crippen molar-refractivity contribution in [2.45, 2.75) is 19.9 Å². The van der Waals surface area contributed by atoms with Crippen LogP contribution in [-0.4, -0.2) is 30.6 Å². The van der Waals surface area contributed by atoms with Crippen LogP contribution < -0.4 is 25.4 Å². The predicted molar refractivity (Wildman–Crippen MR) is 113 cm³/mol. The van der Waals surface area contributed by atoms with Gasteiger partial charge in [-0.05, 0) is 37.6 Å². The van der Waals surface area contributed by atoms with E-state index in [0.717, 1.165) is 0 Å². The summed E-state index contributed by atoms with van der Waals surface area (Å²) < 4.78 is 10.9. The van der Waals surface area contributed by atoms with E-state index in [9.17, 15) is 19.7 Å². The van der Waals surface area contributed by atoms with Crippen molar-refractivity contribution in [3.63, 3.8) is 0 Å². The lowest BCUT2D eigenvalue weighted by Crippen LogP contribution is -2.46. The van der Waals surface area contributed by atoms with Gasteiger partial charge >= 0.3 is 6.03 Å². The van der Waals surface area contributed by atoms with Gasteiger partial charge in [-0.2, -0.15) is 0 Å². The van der Waals surface area contributed by atoms with Crippen molar-refractivity contribution in [2.24, 2.45) is 0 Å². The number of carbonyl (C=O) groups is 2. The van der Waals surface area contributed by atoms with Gasteiger partial charge in [0.2, 0.25) is 0 Å².